The number of benzene rings is 1. The Kier molecular flexibility index (Phi) is 6.69. The molecule has 0 heterocycles. The standard InChI is InChI=1S/C17H29N3O/c1-13-8-7-9-15(10-13)14(2)11-19-16(18-5)20-12-17(3,4)21-6/h7-10,14H,11-12H2,1-6H3,(H2,18,19,20). The predicted octanol–water partition coefficient (Wildman–Crippen LogP) is 2.69. The van der Waals surface area contributed by atoms with Gasteiger partial charge in [-0.05, 0) is 32.3 Å². The van der Waals surface area contributed by atoms with Crippen LogP contribution >= 0.6 is 0 Å². The van der Waals surface area contributed by atoms with E-state index < -0.39 is 0 Å². The number of aliphatic imine (C=N–C) groups is 1. The van der Waals surface area contributed by atoms with Crippen molar-refractivity contribution in [2.45, 2.75) is 39.2 Å². The summed E-state index contributed by atoms with van der Waals surface area (Å²) in [7, 11) is 3.50. The average molecular weight is 291 g/mol. The van der Waals surface area contributed by atoms with E-state index in [1.54, 1.807) is 14.2 Å². The monoisotopic (exact) mass is 291 g/mol. The van der Waals surface area contributed by atoms with Gasteiger partial charge in [-0.1, -0.05) is 36.8 Å². The average Bonchev–Trinajstić information content (AvgIpc) is 2.47. The van der Waals surface area contributed by atoms with Crippen molar-refractivity contribution < 1.29 is 4.74 Å². The van der Waals surface area contributed by atoms with E-state index >= 15 is 0 Å². The van der Waals surface area contributed by atoms with Gasteiger partial charge in [-0.2, -0.15) is 0 Å². The van der Waals surface area contributed by atoms with E-state index in [2.05, 4.69) is 53.7 Å². The molecule has 0 spiro atoms. The number of nitrogens with one attached hydrogen (secondary N) is 2. The van der Waals surface area contributed by atoms with Gasteiger partial charge in [0, 0.05) is 27.2 Å². The van der Waals surface area contributed by atoms with Crippen LogP contribution < -0.4 is 10.6 Å². The van der Waals surface area contributed by atoms with E-state index in [0.717, 1.165) is 12.5 Å². The number of methoxy groups -OCH3 is 1. The molecule has 0 aliphatic carbocycles. The highest BCUT2D eigenvalue weighted by molar-refractivity contribution is 5.79. The number of aryl methyl sites for hydroxylation is 1. The predicted molar refractivity (Wildman–Crippen MR) is 90.0 cm³/mol. The first kappa shape index (κ1) is 17.5. The fourth-order valence-electron chi connectivity index (χ4n) is 1.93. The van der Waals surface area contributed by atoms with Gasteiger partial charge in [-0.3, -0.25) is 4.99 Å². The second-order valence-corrected chi connectivity index (χ2v) is 6.09. The van der Waals surface area contributed by atoms with Crippen LogP contribution in [0, 0.1) is 6.92 Å². The fraction of sp³-hybridized carbons (Fsp3) is 0.588. The first-order valence-electron chi connectivity index (χ1n) is 7.44. The molecule has 118 valence electrons. The highest BCUT2D eigenvalue weighted by Gasteiger charge is 2.16. The van der Waals surface area contributed by atoms with Crippen LogP contribution in [0.1, 0.15) is 37.8 Å². The highest BCUT2D eigenvalue weighted by atomic mass is 16.5. The summed E-state index contributed by atoms with van der Waals surface area (Å²) in [5.74, 6) is 1.23. The molecular formula is C17H29N3O. The largest absolute Gasteiger partial charge is 0.377 e. The first-order valence-corrected chi connectivity index (χ1v) is 7.44. The van der Waals surface area contributed by atoms with Crippen LogP contribution in [0.25, 0.3) is 0 Å². The van der Waals surface area contributed by atoms with Crippen molar-refractivity contribution in [3.05, 3.63) is 35.4 Å². The molecule has 21 heavy (non-hydrogen) atoms. The number of rotatable bonds is 6. The molecule has 1 rings (SSSR count). The van der Waals surface area contributed by atoms with E-state index in [1.807, 2.05) is 13.8 Å². The molecule has 0 bridgehead atoms. The summed E-state index contributed by atoms with van der Waals surface area (Å²) in [4.78, 5) is 4.25. The van der Waals surface area contributed by atoms with Crippen LogP contribution in [0.4, 0.5) is 0 Å². The third-order valence-corrected chi connectivity index (χ3v) is 3.64. The van der Waals surface area contributed by atoms with Gasteiger partial charge in [0.15, 0.2) is 5.96 Å². The zero-order valence-electron chi connectivity index (χ0n) is 14.2. The lowest BCUT2D eigenvalue weighted by molar-refractivity contribution is 0.0268. The second-order valence-electron chi connectivity index (χ2n) is 6.09. The van der Waals surface area contributed by atoms with Crippen molar-refractivity contribution in [3.8, 4) is 0 Å². The van der Waals surface area contributed by atoms with Crippen LogP contribution in [0.15, 0.2) is 29.3 Å². The first-order chi connectivity index (χ1) is 9.88. The van der Waals surface area contributed by atoms with Crippen LogP contribution in [0.3, 0.4) is 0 Å². The van der Waals surface area contributed by atoms with Crippen LogP contribution in [-0.4, -0.2) is 38.8 Å². The third-order valence-electron chi connectivity index (χ3n) is 3.64. The van der Waals surface area contributed by atoms with Crippen LogP contribution in [-0.2, 0) is 4.74 Å². The lowest BCUT2D eigenvalue weighted by Crippen LogP contribution is -2.46. The van der Waals surface area contributed by atoms with E-state index in [9.17, 15) is 0 Å². The number of ether oxygens (including phenoxy) is 1. The van der Waals surface area contributed by atoms with Crippen molar-refractivity contribution in [1.29, 1.82) is 0 Å². The summed E-state index contributed by atoms with van der Waals surface area (Å²) < 4.78 is 5.40. The zero-order chi connectivity index (χ0) is 15.9. The molecule has 1 aromatic rings. The van der Waals surface area contributed by atoms with Gasteiger partial charge in [-0.25, -0.2) is 0 Å². The Labute approximate surface area is 129 Å². The van der Waals surface area contributed by atoms with Gasteiger partial charge in [0.25, 0.3) is 0 Å². The molecule has 0 aliphatic heterocycles. The van der Waals surface area contributed by atoms with Crippen molar-refractivity contribution in [2.24, 2.45) is 4.99 Å². The number of nitrogens with zero attached hydrogens (tertiary/aromatic N) is 1. The molecule has 0 saturated carbocycles. The Bertz CT molecular complexity index is 469. The number of guanidine groups is 1. The summed E-state index contributed by atoms with van der Waals surface area (Å²) in [6, 6.07) is 8.63. The van der Waals surface area contributed by atoms with Gasteiger partial charge in [0.2, 0.25) is 0 Å². The minimum Gasteiger partial charge on any atom is -0.377 e. The lowest BCUT2D eigenvalue weighted by Gasteiger charge is -2.25. The molecule has 1 unspecified atom stereocenters. The fourth-order valence-corrected chi connectivity index (χ4v) is 1.93. The molecule has 0 fully saturated rings. The number of hydrogen-bond donors (Lipinski definition) is 2. The van der Waals surface area contributed by atoms with Crippen molar-refractivity contribution in [1.82, 2.24) is 10.6 Å². The summed E-state index contributed by atoms with van der Waals surface area (Å²) in [6.45, 7) is 9.98. The van der Waals surface area contributed by atoms with Crippen molar-refractivity contribution in [3.63, 3.8) is 0 Å². The van der Waals surface area contributed by atoms with Gasteiger partial charge in [-0.15, -0.1) is 0 Å². The Balaban J connectivity index is 2.48. The van der Waals surface area contributed by atoms with Gasteiger partial charge >= 0.3 is 0 Å². The molecule has 1 aromatic carbocycles. The third kappa shape index (κ3) is 6.17. The smallest absolute Gasteiger partial charge is 0.191 e. The Hall–Kier alpha value is -1.55. The molecule has 4 nitrogen and oxygen atoms in total. The topological polar surface area (TPSA) is 45.7 Å². The SMILES string of the molecule is CN=C(NCC(C)c1cccc(C)c1)NCC(C)(C)OC. The maximum atomic E-state index is 5.40. The molecule has 0 radical (unpaired) electrons. The molecule has 4 heteroatoms. The second kappa shape index (κ2) is 8.03. The van der Waals surface area contributed by atoms with E-state index in [1.165, 1.54) is 11.1 Å². The lowest BCUT2D eigenvalue weighted by atomic mass is 9.99. The van der Waals surface area contributed by atoms with E-state index in [-0.39, 0.29) is 5.60 Å². The summed E-state index contributed by atoms with van der Waals surface area (Å²) in [6.07, 6.45) is 0. The van der Waals surface area contributed by atoms with Gasteiger partial charge < -0.3 is 15.4 Å². The molecule has 0 aromatic heterocycles. The number of hydrogen-bond acceptors (Lipinski definition) is 2. The van der Waals surface area contributed by atoms with Crippen LogP contribution in [0.5, 0.6) is 0 Å². The summed E-state index contributed by atoms with van der Waals surface area (Å²) in [5, 5.41) is 6.66. The summed E-state index contributed by atoms with van der Waals surface area (Å²) in [5.41, 5.74) is 2.43. The highest BCUT2D eigenvalue weighted by Crippen LogP contribution is 2.15. The maximum absolute atomic E-state index is 5.40. The Morgan fingerprint density at radius 2 is 2.05 bits per heavy atom. The molecule has 0 aliphatic rings. The molecule has 1 atom stereocenters. The maximum Gasteiger partial charge on any atom is 0.191 e. The molecular weight excluding hydrogens is 262 g/mol. The normalized spacial score (nSPS) is 13.9. The Morgan fingerprint density at radius 3 is 2.62 bits per heavy atom. The summed E-state index contributed by atoms with van der Waals surface area (Å²) >= 11 is 0. The molecule has 0 saturated heterocycles. The minimum absolute atomic E-state index is 0.209. The molecule has 0 amide bonds. The molecule has 2 N–H and O–H groups in total. The van der Waals surface area contributed by atoms with Gasteiger partial charge in [0.1, 0.15) is 0 Å². The van der Waals surface area contributed by atoms with Gasteiger partial charge in [0.05, 0.1) is 5.60 Å². The zero-order valence-corrected chi connectivity index (χ0v) is 14.2. The Morgan fingerprint density at radius 1 is 1.33 bits per heavy atom. The van der Waals surface area contributed by atoms with E-state index in [0.29, 0.717) is 12.5 Å². The minimum atomic E-state index is -0.209. The van der Waals surface area contributed by atoms with Crippen LogP contribution in [0.2, 0.25) is 0 Å². The van der Waals surface area contributed by atoms with E-state index in [4.69, 9.17) is 4.74 Å². The quantitative estimate of drug-likeness (QED) is 0.626. The van der Waals surface area contributed by atoms with Crippen molar-refractivity contribution >= 4 is 5.96 Å². The van der Waals surface area contributed by atoms with Crippen molar-refractivity contribution in [2.75, 3.05) is 27.2 Å².